The molecule has 0 saturated heterocycles. The number of hydrazone groups is 1. The van der Waals surface area contributed by atoms with Gasteiger partial charge in [0.25, 0.3) is 5.91 Å². The predicted molar refractivity (Wildman–Crippen MR) is 111 cm³/mol. The summed E-state index contributed by atoms with van der Waals surface area (Å²) < 4.78 is 10.9. The molecule has 2 N–H and O–H groups in total. The minimum absolute atomic E-state index is 0.0999. The number of hydrogen-bond acceptors (Lipinski definition) is 5. The number of rotatable bonds is 7. The van der Waals surface area contributed by atoms with Crippen molar-refractivity contribution in [2.24, 2.45) is 5.10 Å². The molecule has 0 fully saturated rings. The molecular formula is C20H22Cl2N2O4. The number of nitrogens with one attached hydrogen (secondary N) is 1. The number of amides is 1. The van der Waals surface area contributed by atoms with Gasteiger partial charge in [-0.2, -0.15) is 5.10 Å². The summed E-state index contributed by atoms with van der Waals surface area (Å²) in [5.41, 5.74) is 5.48. The van der Waals surface area contributed by atoms with Gasteiger partial charge in [-0.1, -0.05) is 35.3 Å². The summed E-state index contributed by atoms with van der Waals surface area (Å²) in [6.07, 6.45) is 1.20. The minimum atomic E-state index is -0.459. The average molecular weight is 425 g/mol. The van der Waals surface area contributed by atoms with Crippen molar-refractivity contribution >= 4 is 35.3 Å². The summed E-state index contributed by atoms with van der Waals surface area (Å²) in [5, 5.41) is 14.3. The molecule has 0 aliphatic rings. The number of benzene rings is 2. The third-order valence-corrected chi connectivity index (χ3v) is 4.90. The van der Waals surface area contributed by atoms with Crippen molar-refractivity contribution in [3.63, 3.8) is 0 Å². The van der Waals surface area contributed by atoms with Crippen LogP contribution in [0.15, 0.2) is 23.3 Å². The standard InChI is InChI=1S/C20H22Cl2N2O4/c1-5-27-16-8-15(21)18(22)14(19(16)26)9-23-24-17(25)10-28-20-12(3)7-6-11(2)13(20)4/h6-9,26H,5,10H2,1-4H3,(H,24,25)/b23-9-. The van der Waals surface area contributed by atoms with E-state index in [1.165, 1.54) is 12.3 Å². The molecule has 28 heavy (non-hydrogen) atoms. The highest BCUT2D eigenvalue weighted by molar-refractivity contribution is 6.43. The third kappa shape index (κ3) is 5.09. The fourth-order valence-corrected chi connectivity index (χ4v) is 2.88. The van der Waals surface area contributed by atoms with Crippen LogP contribution < -0.4 is 14.9 Å². The van der Waals surface area contributed by atoms with Crippen molar-refractivity contribution in [2.75, 3.05) is 13.2 Å². The zero-order chi connectivity index (χ0) is 20.8. The van der Waals surface area contributed by atoms with Crippen molar-refractivity contribution in [3.8, 4) is 17.2 Å². The molecule has 0 aliphatic carbocycles. The smallest absolute Gasteiger partial charge is 0.277 e. The minimum Gasteiger partial charge on any atom is -0.504 e. The fraction of sp³-hybridized carbons (Fsp3) is 0.300. The Morgan fingerprint density at radius 1 is 1.21 bits per heavy atom. The Morgan fingerprint density at radius 2 is 1.89 bits per heavy atom. The van der Waals surface area contributed by atoms with Crippen LogP contribution in [0.1, 0.15) is 29.2 Å². The summed E-state index contributed by atoms with van der Waals surface area (Å²) in [6, 6.07) is 5.35. The first-order valence-corrected chi connectivity index (χ1v) is 9.37. The highest BCUT2D eigenvalue weighted by Crippen LogP contribution is 2.39. The molecule has 6 nitrogen and oxygen atoms in total. The third-order valence-electron chi connectivity index (χ3n) is 4.10. The Balaban J connectivity index is 2.06. The molecule has 0 atom stereocenters. The Hall–Kier alpha value is -2.44. The number of aryl methyl sites for hydroxylation is 2. The first-order chi connectivity index (χ1) is 13.3. The highest BCUT2D eigenvalue weighted by atomic mass is 35.5. The molecule has 0 bridgehead atoms. The molecular weight excluding hydrogens is 403 g/mol. The Kier molecular flexibility index (Phi) is 7.54. The number of carbonyl (C=O) groups excluding carboxylic acids is 1. The molecule has 1 amide bonds. The van der Waals surface area contributed by atoms with Gasteiger partial charge in [0.2, 0.25) is 0 Å². The van der Waals surface area contributed by atoms with Crippen molar-refractivity contribution < 1.29 is 19.4 Å². The molecule has 2 aromatic carbocycles. The van der Waals surface area contributed by atoms with E-state index in [1.54, 1.807) is 6.92 Å². The normalized spacial score (nSPS) is 10.9. The molecule has 150 valence electrons. The maximum atomic E-state index is 12.0. The van der Waals surface area contributed by atoms with Gasteiger partial charge in [-0.05, 0) is 44.4 Å². The van der Waals surface area contributed by atoms with E-state index in [0.29, 0.717) is 12.4 Å². The number of halogens is 2. The van der Waals surface area contributed by atoms with Crippen LogP contribution in [-0.4, -0.2) is 30.4 Å². The topological polar surface area (TPSA) is 80.2 Å². The van der Waals surface area contributed by atoms with Crippen molar-refractivity contribution in [2.45, 2.75) is 27.7 Å². The number of hydrogen-bond donors (Lipinski definition) is 2. The lowest BCUT2D eigenvalue weighted by atomic mass is 10.1. The van der Waals surface area contributed by atoms with Crippen LogP contribution in [0.3, 0.4) is 0 Å². The van der Waals surface area contributed by atoms with E-state index in [-0.39, 0.29) is 33.7 Å². The van der Waals surface area contributed by atoms with Crippen LogP contribution in [0.2, 0.25) is 10.0 Å². The van der Waals surface area contributed by atoms with Crippen LogP contribution in [0.5, 0.6) is 17.2 Å². The zero-order valence-corrected chi connectivity index (χ0v) is 17.6. The number of phenolic OH excluding ortho intramolecular Hbond substituents is 1. The number of nitrogens with zero attached hydrogens (tertiary/aromatic N) is 1. The summed E-state index contributed by atoms with van der Waals surface area (Å²) in [7, 11) is 0. The van der Waals surface area contributed by atoms with E-state index in [4.69, 9.17) is 32.7 Å². The number of phenols is 1. The number of ether oxygens (including phenoxy) is 2. The van der Waals surface area contributed by atoms with Gasteiger partial charge in [-0.3, -0.25) is 4.79 Å². The van der Waals surface area contributed by atoms with Crippen LogP contribution >= 0.6 is 23.2 Å². The van der Waals surface area contributed by atoms with E-state index in [2.05, 4.69) is 10.5 Å². The Bertz CT molecular complexity index is 914. The maximum absolute atomic E-state index is 12.0. The number of aromatic hydroxyl groups is 1. The first-order valence-electron chi connectivity index (χ1n) is 8.61. The Labute approximate surface area is 174 Å². The van der Waals surface area contributed by atoms with Crippen molar-refractivity contribution in [3.05, 3.63) is 50.5 Å². The van der Waals surface area contributed by atoms with E-state index in [9.17, 15) is 9.90 Å². The molecule has 0 unspecified atom stereocenters. The maximum Gasteiger partial charge on any atom is 0.277 e. The Morgan fingerprint density at radius 3 is 2.57 bits per heavy atom. The average Bonchev–Trinajstić information content (AvgIpc) is 2.65. The zero-order valence-electron chi connectivity index (χ0n) is 16.1. The molecule has 0 spiro atoms. The van der Waals surface area contributed by atoms with E-state index < -0.39 is 5.91 Å². The quantitative estimate of drug-likeness (QED) is 0.504. The largest absolute Gasteiger partial charge is 0.504 e. The monoisotopic (exact) mass is 424 g/mol. The van der Waals surface area contributed by atoms with Crippen LogP contribution in [0.4, 0.5) is 0 Å². The first kappa shape index (κ1) is 21.9. The lowest BCUT2D eigenvalue weighted by Gasteiger charge is -2.13. The molecule has 0 saturated carbocycles. The summed E-state index contributed by atoms with van der Waals surface area (Å²) in [4.78, 5) is 12.0. The summed E-state index contributed by atoms with van der Waals surface area (Å²) in [6.45, 7) is 7.73. The summed E-state index contributed by atoms with van der Waals surface area (Å²) in [5.74, 6) is 0.185. The van der Waals surface area contributed by atoms with Gasteiger partial charge >= 0.3 is 0 Å². The van der Waals surface area contributed by atoms with Gasteiger partial charge in [0.1, 0.15) is 5.75 Å². The SMILES string of the molecule is CCOc1cc(Cl)c(Cl)c(/C=N\NC(=O)COc2c(C)ccc(C)c2C)c1O. The van der Waals surface area contributed by atoms with Gasteiger partial charge in [0.15, 0.2) is 18.1 Å². The van der Waals surface area contributed by atoms with E-state index in [1.807, 2.05) is 32.9 Å². The van der Waals surface area contributed by atoms with Gasteiger partial charge < -0.3 is 14.6 Å². The lowest BCUT2D eigenvalue weighted by Crippen LogP contribution is -2.25. The second-order valence-corrected chi connectivity index (χ2v) is 6.89. The van der Waals surface area contributed by atoms with Gasteiger partial charge in [0.05, 0.1) is 28.4 Å². The molecule has 2 rings (SSSR count). The van der Waals surface area contributed by atoms with Gasteiger partial charge in [-0.25, -0.2) is 5.43 Å². The summed E-state index contributed by atoms with van der Waals surface area (Å²) >= 11 is 12.1. The second kappa shape index (κ2) is 9.66. The van der Waals surface area contributed by atoms with Crippen molar-refractivity contribution in [1.29, 1.82) is 0 Å². The fourth-order valence-electron chi connectivity index (χ4n) is 2.48. The van der Waals surface area contributed by atoms with Crippen LogP contribution in [0.25, 0.3) is 0 Å². The van der Waals surface area contributed by atoms with Crippen LogP contribution in [-0.2, 0) is 4.79 Å². The lowest BCUT2D eigenvalue weighted by molar-refractivity contribution is -0.123. The van der Waals surface area contributed by atoms with Gasteiger partial charge in [-0.15, -0.1) is 0 Å². The van der Waals surface area contributed by atoms with E-state index in [0.717, 1.165) is 16.7 Å². The molecule has 2 aromatic rings. The molecule has 0 aromatic heterocycles. The van der Waals surface area contributed by atoms with Gasteiger partial charge in [0, 0.05) is 6.07 Å². The van der Waals surface area contributed by atoms with E-state index >= 15 is 0 Å². The molecule has 0 radical (unpaired) electrons. The second-order valence-electron chi connectivity index (χ2n) is 6.10. The molecule has 8 heteroatoms. The molecule has 0 heterocycles. The van der Waals surface area contributed by atoms with Crippen LogP contribution in [0, 0.1) is 20.8 Å². The highest BCUT2D eigenvalue weighted by Gasteiger charge is 2.15. The predicted octanol–water partition coefficient (Wildman–Crippen LogP) is 4.55. The molecule has 0 aliphatic heterocycles. The van der Waals surface area contributed by atoms with Crippen molar-refractivity contribution in [1.82, 2.24) is 5.43 Å². The number of carbonyl (C=O) groups is 1.